The molecule has 4 aliphatic rings. The molecule has 1 saturated carbocycles. The van der Waals surface area contributed by atoms with Crippen LogP contribution in [0.3, 0.4) is 0 Å². The molecule has 1 atom stereocenters. The minimum atomic E-state index is -0.0138. The molecule has 1 aromatic carbocycles. The van der Waals surface area contributed by atoms with Crippen LogP contribution in [0.4, 0.5) is 5.82 Å². The molecule has 1 aliphatic carbocycles. The average Bonchev–Trinajstić information content (AvgIpc) is 3.61. The number of nitrogens with one attached hydrogen (secondary N) is 1. The number of likely N-dealkylation sites (tertiary alicyclic amines) is 1. The zero-order valence-corrected chi connectivity index (χ0v) is 26.2. The van der Waals surface area contributed by atoms with Gasteiger partial charge in [0.15, 0.2) is 5.82 Å². The molecule has 3 saturated heterocycles. The average molecular weight is 629 g/mol. The molecule has 0 unspecified atom stereocenters. The van der Waals surface area contributed by atoms with Crippen molar-refractivity contribution in [3.05, 3.63) is 40.7 Å². The van der Waals surface area contributed by atoms with Gasteiger partial charge in [0, 0.05) is 61.5 Å². The van der Waals surface area contributed by atoms with Gasteiger partial charge in [0.05, 0.1) is 59.3 Å². The molecular formula is C31H39Cl2N7O3. The van der Waals surface area contributed by atoms with Gasteiger partial charge < -0.3 is 19.3 Å². The van der Waals surface area contributed by atoms with Crippen molar-refractivity contribution in [1.82, 2.24) is 29.8 Å². The number of anilines is 1. The Kier molecular flexibility index (Phi) is 7.92. The van der Waals surface area contributed by atoms with Crippen molar-refractivity contribution in [2.45, 2.75) is 56.7 Å². The van der Waals surface area contributed by atoms with E-state index in [0.717, 1.165) is 85.4 Å². The molecule has 7 rings (SSSR count). The first-order valence-corrected chi connectivity index (χ1v) is 16.2. The summed E-state index contributed by atoms with van der Waals surface area (Å²) in [5, 5.41) is 14.8. The van der Waals surface area contributed by atoms with Crippen LogP contribution >= 0.6 is 23.2 Å². The van der Waals surface area contributed by atoms with Crippen molar-refractivity contribution in [1.29, 1.82) is 0 Å². The molecule has 2 aromatic heterocycles. The van der Waals surface area contributed by atoms with Crippen LogP contribution in [0.2, 0.25) is 10.0 Å². The summed E-state index contributed by atoms with van der Waals surface area (Å²) in [7, 11) is 0. The number of hydrogen-bond donors (Lipinski definition) is 1. The van der Waals surface area contributed by atoms with Crippen molar-refractivity contribution in [3.63, 3.8) is 0 Å². The Morgan fingerprint density at radius 1 is 1.19 bits per heavy atom. The number of benzene rings is 1. The van der Waals surface area contributed by atoms with Crippen LogP contribution in [0, 0.1) is 6.92 Å². The molecule has 3 aliphatic heterocycles. The maximum absolute atomic E-state index is 12.3. The number of carbonyl (C=O) groups excluding carboxylic acids is 1. The quantitative estimate of drug-likeness (QED) is 0.391. The van der Waals surface area contributed by atoms with Gasteiger partial charge in [0.1, 0.15) is 0 Å². The molecule has 1 N–H and O–H groups in total. The molecule has 12 heteroatoms. The van der Waals surface area contributed by atoms with Gasteiger partial charge in [-0.15, -0.1) is 0 Å². The van der Waals surface area contributed by atoms with E-state index in [1.165, 1.54) is 12.5 Å². The fourth-order valence-electron chi connectivity index (χ4n) is 7.57. The second kappa shape index (κ2) is 11.7. The number of ether oxygens (including phenoxy) is 2. The number of aromatic amines is 1. The van der Waals surface area contributed by atoms with Gasteiger partial charge in [-0.3, -0.25) is 19.5 Å². The summed E-state index contributed by atoms with van der Waals surface area (Å²) >= 11 is 13.8. The van der Waals surface area contributed by atoms with E-state index in [0.29, 0.717) is 43.0 Å². The lowest BCUT2D eigenvalue weighted by molar-refractivity contribution is -0.127. The minimum absolute atomic E-state index is 0.00550. The molecule has 3 aromatic rings. The molecule has 0 radical (unpaired) electrons. The van der Waals surface area contributed by atoms with Gasteiger partial charge in [-0.05, 0) is 51.2 Å². The summed E-state index contributed by atoms with van der Waals surface area (Å²) in [6.45, 7) is 12.8. The van der Waals surface area contributed by atoms with E-state index in [-0.39, 0.29) is 23.6 Å². The highest BCUT2D eigenvalue weighted by Gasteiger charge is 2.49. The van der Waals surface area contributed by atoms with Gasteiger partial charge in [0.2, 0.25) is 5.91 Å². The Morgan fingerprint density at radius 2 is 2.00 bits per heavy atom. The molecule has 10 nitrogen and oxygen atoms in total. The van der Waals surface area contributed by atoms with Gasteiger partial charge in [-0.25, -0.2) is 0 Å². The zero-order chi connectivity index (χ0) is 29.7. The number of piperazine rings is 1. The molecule has 0 bridgehead atoms. The topological polar surface area (TPSA) is 91.8 Å². The molecule has 43 heavy (non-hydrogen) atoms. The number of hydrogen-bond acceptors (Lipinski definition) is 7. The van der Waals surface area contributed by atoms with Crippen molar-refractivity contribution in [2.75, 3.05) is 64.0 Å². The maximum Gasteiger partial charge on any atom is 0.245 e. The molecule has 230 valence electrons. The number of amides is 1. The van der Waals surface area contributed by atoms with Crippen LogP contribution in [-0.2, 0) is 14.3 Å². The Morgan fingerprint density at radius 3 is 2.70 bits per heavy atom. The second-order valence-corrected chi connectivity index (χ2v) is 13.2. The van der Waals surface area contributed by atoms with Gasteiger partial charge in [0.25, 0.3) is 0 Å². The van der Waals surface area contributed by atoms with Crippen LogP contribution < -0.4 is 4.90 Å². The van der Waals surface area contributed by atoms with Crippen molar-refractivity contribution < 1.29 is 14.3 Å². The van der Waals surface area contributed by atoms with Gasteiger partial charge in [-0.1, -0.05) is 29.8 Å². The van der Waals surface area contributed by atoms with Gasteiger partial charge in [-0.2, -0.15) is 10.2 Å². The first-order valence-electron chi connectivity index (χ1n) is 15.4. The monoisotopic (exact) mass is 627 g/mol. The third-order valence-corrected chi connectivity index (χ3v) is 10.7. The Balaban J connectivity index is 1.28. The third kappa shape index (κ3) is 5.15. The minimum Gasteiger partial charge on any atom is -0.376 e. The fraction of sp³-hybridized carbons (Fsp3) is 0.581. The van der Waals surface area contributed by atoms with Crippen molar-refractivity contribution >= 4 is 45.8 Å². The lowest BCUT2D eigenvalue weighted by Gasteiger charge is -2.56. The predicted molar refractivity (Wildman–Crippen MR) is 168 cm³/mol. The Labute approximate surface area is 261 Å². The van der Waals surface area contributed by atoms with E-state index in [4.69, 9.17) is 37.8 Å². The highest BCUT2D eigenvalue weighted by Crippen LogP contribution is 2.50. The smallest absolute Gasteiger partial charge is 0.245 e. The number of rotatable bonds is 6. The third-order valence-electron chi connectivity index (χ3n) is 9.93. The molecule has 1 spiro atoms. The van der Waals surface area contributed by atoms with Crippen LogP contribution in [0.15, 0.2) is 24.9 Å². The number of nitrogens with zero attached hydrogens (tertiary/aromatic N) is 6. The zero-order valence-electron chi connectivity index (χ0n) is 24.7. The normalized spacial score (nSPS) is 23.2. The first kappa shape index (κ1) is 29.1. The predicted octanol–water partition coefficient (Wildman–Crippen LogP) is 4.85. The summed E-state index contributed by atoms with van der Waals surface area (Å²) in [6.07, 6.45) is 8.43. The molecular weight excluding hydrogens is 589 g/mol. The fourth-order valence-corrected chi connectivity index (χ4v) is 8.02. The van der Waals surface area contributed by atoms with E-state index in [9.17, 15) is 4.79 Å². The van der Waals surface area contributed by atoms with E-state index in [1.807, 2.05) is 17.2 Å². The Hall–Kier alpha value is -2.63. The van der Waals surface area contributed by atoms with E-state index in [1.54, 1.807) is 0 Å². The van der Waals surface area contributed by atoms with Crippen LogP contribution in [0.5, 0.6) is 0 Å². The van der Waals surface area contributed by atoms with Crippen LogP contribution in [0.1, 0.15) is 43.8 Å². The standard InChI is InChI=1S/C31H39Cl2N7O3/c1-3-26(41)38-9-5-21(6-10-38)40-20(2)27(28-23-16-34-35-25(23)15-24(32)29(28)33)30(36-40)39-12-11-37(19-31(39)7-4-8-31)17-22-18-42-13-14-43-22/h3,15-16,21-22H,1,4-14,17-19H2,2H3,(H,34,35)/t22-/m1/s1. The summed E-state index contributed by atoms with van der Waals surface area (Å²) in [5.74, 6) is 0.949. The van der Waals surface area contributed by atoms with Crippen LogP contribution in [0.25, 0.3) is 22.0 Å². The number of carbonyl (C=O) groups is 1. The SMILES string of the molecule is C=CC(=O)N1CCC(n2nc(N3CCN(C[C@@H]4COCCO4)CC34CCC4)c(-c3c(Cl)c(Cl)cc4[nH]ncc34)c2C)CC1. The van der Waals surface area contributed by atoms with E-state index in [2.05, 4.69) is 38.2 Å². The number of H-pyrrole nitrogens is 1. The second-order valence-electron chi connectivity index (χ2n) is 12.4. The van der Waals surface area contributed by atoms with Crippen LogP contribution in [-0.4, -0.2) is 106 Å². The number of aromatic nitrogens is 4. The highest BCUT2D eigenvalue weighted by molar-refractivity contribution is 6.45. The largest absolute Gasteiger partial charge is 0.376 e. The van der Waals surface area contributed by atoms with Crippen molar-refractivity contribution in [2.24, 2.45) is 0 Å². The molecule has 4 fully saturated rings. The maximum atomic E-state index is 12.3. The summed E-state index contributed by atoms with van der Waals surface area (Å²) in [4.78, 5) is 19.3. The number of fused-ring (bicyclic) bond motifs is 1. The summed E-state index contributed by atoms with van der Waals surface area (Å²) < 4.78 is 13.9. The number of halogens is 2. The molecule has 1 amide bonds. The van der Waals surface area contributed by atoms with E-state index >= 15 is 0 Å². The Bertz CT molecular complexity index is 1520. The highest BCUT2D eigenvalue weighted by atomic mass is 35.5. The lowest BCUT2D eigenvalue weighted by Crippen LogP contribution is -2.67. The molecule has 5 heterocycles. The van der Waals surface area contributed by atoms with Gasteiger partial charge >= 0.3 is 0 Å². The first-order chi connectivity index (χ1) is 20.9. The summed E-state index contributed by atoms with van der Waals surface area (Å²) in [6, 6.07) is 2.01. The van der Waals surface area contributed by atoms with Crippen molar-refractivity contribution in [3.8, 4) is 11.1 Å². The lowest BCUT2D eigenvalue weighted by atomic mass is 9.73. The van der Waals surface area contributed by atoms with E-state index < -0.39 is 0 Å². The number of piperidine rings is 1. The summed E-state index contributed by atoms with van der Waals surface area (Å²) in [5.41, 5.74) is 3.79.